The molecule has 1 aliphatic carbocycles. The minimum atomic E-state index is -0.0938. The molecule has 2 aromatic heterocycles. The van der Waals surface area contributed by atoms with E-state index < -0.39 is 0 Å². The summed E-state index contributed by atoms with van der Waals surface area (Å²) in [5.41, 5.74) is 14.9. The zero-order valence-corrected chi connectivity index (χ0v) is 30.9. The van der Waals surface area contributed by atoms with Gasteiger partial charge < -0.3 is 9.47 Å². The molecule has 0 saturated heterocycles. The van der Waals surface area contributed by atoms with Crippen LogP contribution < -0.4 is 4.90 Å². The topological polar surface area (TPSA) is 8.17 Å². The summed E-state index contributed by atoms with van der Waals surface area (Å²) in [7, 11) is 0. The van der Waals surface area contributed by atoms with Crippen LogP contribution in [-0.2, 0) is 5.41 Å². The lowest BCUT2D eigenvalue weighted by atomic mass is 9.82. The molecule has 0 saturated carbocycles. The van der Waals surface area contributed by atoms with E-state index in [-0.39, 0.29) is 5.41 Å². The summed E-state index contributed by atoms with van der Waals surface area (Å²) in [4.78, 5) is 2.44. The van der Waals surface area contributed by atoms with E-state index in [1.54, 1.807) is 0 Å². The molecule has 1 aliphatic rings. The monoisotopic (exact) mass is 708 g/mol. The number of rotatable bonds is 5. The number of thiophene rings is 1. The highest BCUT2D eigenvalue weighted by Gasteiger charge is 2.35. The summed E-state index contributed by atoms with van der Waals surface area (Å²) in [6.45, 7) is 4.72. The van der Waals surface area contributed by atoms with Gasteiger partial charge in [-0.3, -0.25) is 0 Å². The lowest BCUT2D eigenvalue weighted by Gasteiger charge is -2.28. The molecular formula is C51H36N2S. The molecule has 8 aromatic carbocycles. The smallest absolute Gasteiger partial charge is 0.0640 e. The molecule has 0 bridgehead atoms. The number of para-hydroxylation sites is 2. The summed E-state index contributed by atoms with van der Waals surface area (Å²) in [6.07, 6.45) is 0. The third-order valence-corrected chi connectivity index (χ3v) is 12.8. The van der Waals surface area contributed by atoms with E-state index in [9.17, 15) is 0 Å². The Labute approximate surface area is 318 Å². The van der Waals surface area contributed by atoms with Crippen molar-refractivity contribution in [3.63, 3.8) is 0 Å². The maximum absolute atomic E-state index is 2.45. The SMILES string of the molecule is CC1(C)c2ccccc2-c2ccc(N(c3ccc(-c4ccccc4)cc3)c3ccc4c(c3)sc3c(-n5c6ccccc6c6ccccc65)cccc34)cc21. The Morgan fingerprint density at radius 3 is 1.81 bits per heavy atom. The van der Waals surface area contributed by atoms with Gasteiger partial charge in [-0.25, -0.2) is 0 Å². The Morgan fingerprint density at radius 1 is 0.444 bits per heavy atom. The van der Waals surface area contributed by atoms with Crippen LogP contribution in [0.5, 0.6) is 0 Å². The molecule has 11 rings (SSSR count). The Morgan fingerprint density at radius 2 is 1.04 bits per heavy atom. The molecule has 256 valence electrons. The van der Waals surface area contributed by atoms with Crippen LogP contribution in [0.1, 0.15) is 25.0 Å². The molecule has 2 heterocycles. The van der Waals surface area contributed by atoms with Crippen LogP contribution in [0.2, 0.25) is 0 Å². The van der Waals surface area contributed by atoms with Gasteiger partial charge in [0.25, 0.3) is 0 Å². The van der Waals surface area contributed by atoms with E-state index in [2.05, 4.69) is 205 Å². The van der Waals surface area contributed by atoms with Crippen molar-refractivity contribution in [3.8, 4) is 27.9 Å². The average molecular weight is 709 g/mol. The molecule has 0 N–H and O–H groups in total. The number of anilines is 3. The predicted molar refractivity (Wildman–Crippen MR) is 231 cm³/mol. The lowest BCUT2D eigenvalue weighted by Crippen LogP contribution is -2.16. The maximum atomic E-state index is 2.45. The van der Waals surface area contributed by atoms with Gasteiger partial charge in [0.05, 0.1) is 21.4 Å². The van der Waals surface area contributed by atoms with Crippen LogP contribution in [0.4, 0.5) is 17.1 Å². The molecule has 0 radical (unpaired) electrons. The van der Waals surface area contributed by atoms with Crippen LogP contribution in [0, 0.1) is 0 Å². The fourth-order valence-electron chi connectivity index (χ4n) is 8.98. The van der Waals surface area contributed by atoms with Gasteiger partial charge in [0, 0.05) is 48.7 Å². The highest BCUT2D eigenvalue weighted by atomic mass is 32.1. The molecular weight excluding hydrogens is 673 g/mol. The second-order valence-electron chi connectivity index (χ2n) is 15.0. The molecule has 0 spiro atoms. The van der Waals surface area contributed by atoms with Gasteiger partial charge >= 0.3 is 0 Å². The largest absolute Gasteiger partial charge is 0.310 e. The van der Waals surface area contributed by atoms with Crippen molar-refractivity contribution in [2.24, 2.45) is 0 Å². The standard InChI is InChI=1S/C51H36N2S/c1-51(2)44-19-9-6-15-38(44)39-29-27-36(31-45(39)51)52(35-25-23-34(24-26-35)33-13-4-3-5-14-33)37-28-30-42-43-18-12-22-48(50(43)54-49(42)32-37)53-46-20-10-7-16-40(46)41-17-8-11-21-47(41)53/h3-32H,1-2H3. The molecule has 54 heavy (non-hydrogen) atoms. The number of nitrogens with zero attached hydrogens (tertiary/aromatic N) is 2. The Hall–Kier alpha value is -6.42. The second-order valence-corrected chi connectivity index (χ2v) is 16.0. The molecule has 10 aromatic rings. The van der Waals surface area contributed by atoms with E-state index in [1.807, 2.05) is 11.3 Å². The minimum Gasteiger partial charge on any atom is -0.310 e. The Balaban J connectivity index is 1.10. The van der Waals surface area contributed by atoms with Gasteiger partial charge in [0.2, 0.25) is 0 Å². The van der Waals surface area contributed by atoms with Gasteiger partial charge in [0.1, 0.15) is 0 Å². The predicted octanol–water partition coefficient (Wildman–Crippen LogP) is 14.6. The third kappa shape index (κ3) is 4.58. The van der Waals surface area contributed by atoms with Gasteiger partial charge in [-0.05, 0) is 88.0 Å². The number of hydrogen-bond donors (Lipinski definition) is 0. The summed E-state index contributed by atoms with van der Waals surface area (Å²) in [6, 6.07) is 67.0. The van der Waals surface area contributed by atoms with Crippen molar-refractivity contribution in [2.75, 3.05) is 4.90 Å². The molecule has 0 aliphatic heterocycles. The first-order valence-corrected chi connectivity index (χ1v) is 19.5. The van der Waals surface area contributed by atoms with Crippen molar-refractivity contribution < 1.29 is 0 Å². The zero-order chi connectivity index (χ0) is 36.0. The van der Waals surface area contributed by atoms with Gasteiger partial charge in [-0.2, -0.15) is 0 Å². The first-order chi connectivity index (χ1) is 26.5. The minimum absolute atomic E-state index is 0.0938. The quantitative estimate of drug-likeness (QED) is 0.173. The van der Waals surface area contributed by atoms with Gasteiger partial charge in [0.15, 0.2) is 0 Å². The molecule has 0 fully saturated rings. The zero-order valence-electron chi connectivity index (χ0n) is 30.1. The molecule has 3 heteroatoms. The van der Waals surface area contributed by atoms with Crippen molar-refractivity contribution >= 4 is 70.4 Å². The van der Waals surface area contributed by atoms with E-state index in [4.69, 9.17) is 0 Å². The number of fused-ring (bicyclic) bond motifs is 9. The van der Waals surface area contributed by atoms with Gasteiger partial charge in [-0.15, -0.1) is 11.3 Å². The normalized spacial score (nSPS) is 13.1. The number of aromatic nitrogens is 1. The summed E-state index contributed by atoms with van der Waals surface area (Å²) in [5, 5.41) is 5.13. The fourth-order valence-corrected chi connectivity index (χ4v) is 10.2. The summed E-state index contributed by atoms with van der Waals surface area (Å²) >= 11 is 1.89. The number of hydrogen-bond acceptors (Lipinski definition) is 2. The van der Waals surface area contributed by atoms with Crippen molar-refractivity contribution in [3.05, 3.63) is 193 Å². The first kappa shape index (κ1) is 31.1. The molecule has 0 amide bonds. The van der Waals surface area contributed by atoms with Crippen LogP contribution >= 0.6 is 11.3 Å². The fraction of sp³-hybridized carbons (Fsp3) is 0.0588. The van der Waals surface area contributed by atoms with Crippen molar-refractivity contribution in [2.45, 2.75) is 19.3 Å². The maximum Gasteiger partial charge on any atom is 0.0640 e. The number of benzene rings is 8. The molecule has 0 atom stereocenters. The Kier molecular flexibility index (Phi) is 6.80. The van der Waals surface area contributed by atoms with Crippen LogP contribution in [0.15, 0.2) is 182 Å². The van der Waals surface area contributed by atoms with Crippen molar-refractivity contribution in [1.29, 1.82) is 0 Å². The first-order valence-electron chi connectivity index (χ1n) is 18.7. The van der Waals surface area contributed by atoms with Crippen LogP contribution in [0.25, 0.3) is 69.9 Å². The average Bonchev–Trinajstić information content (AvgIpc) is 3.84. The third-order valence-electron chi connectivity index (χ3n) is 11.6. The van der Waals surface area contributed by atoms with E-state index >= 15 is 0 Å². The Bertz CT molecular complexity index is 3020. The lowest BCUT2D eigenvalue weighted by molar-refractivity contribution is 0.660. The summed E-state index contributed by atoms with van der Waals surface area (Å²) < 4.78 is 5.02. The second kappa shape index (κ2) is 11.8. The van der Waals surface area contributed by atoms with Gasteiger partial charge in [-0.1, -0.05) is 141 Å². The van der Waals surface area contributed by atoms with Crippen LogP contribution in [0.3, 0.4) is 0 Å². The molecule has 0 unspecified atom stereocenters. The molecule has 2 nitrogen and oxygen atoms in total. The summed E-state index contributed by atoms with van der Waals surface area (Å²) in [5.74, 6) is 0. The van der Waals surface area contributed by atoms with E-state index in [1.165, 1.54) is 81.0 Å². The van der Waals surface area contributed by atoms with Crippen LogP contribution in [-0.4, -0.2) is 4.57 Å². The van der Waals surface area contributed by atoms with Crippen molar-refractivity contribution in [1.82, 2.24) is 4.57 Å². The van der Waals surface area contributed by atoms with E-state index in [0.717, 1.165) is 17.1 Å². The highest BCUT2D eigenvalue weighted by molar-refractivity contribution is 7.26. The van der Waals surface area contributed by atoms with E-state index in [0.29, 0.717) is 0 Å². The highest BCUT2D eigenvalue weighted by Crippen LogP contribution is 2.51.